The van der Waals surface area contributed by atoms with Crippen molar-refractivity contribution in [1.29, 1.82) is 0 Å². The first-order chi connectivity index (χ1) is 17.4. The van der Waals surface area contributed by atoms with Gasteiger partial charge in [0.05, 0.1) is 12.8 Å². The molecule has 200 valence electrons. The highest BCUT2D eigenvalue weighted by Crippen LogP contribution is 2.46. The van der Waals surface area contributed by atoms with Crippen LogP contribution in [-0.2, 0) is 16.0 Å². The van der Waals surface area contributed by atoms with E-state index in [9.17, 15) is 35.9 Å². The summed E-state index contributed by atoms with van der Waals surface area (Å²) < 4.78 is 72.5. The molecule has 0 aliphatic carbocycles. The second-order valence-electron chi connectivity index (χ2n) is 9.13. The third-order valence-electron chi connectivity index (χ3n) is 6.71. The summed E-state index contributed by atoms with van der Waals surface area (Å²) in [6.45, 7) is 4.70. The topological polar surface area (TPSA) is 70.7 Å². The van der Waals surface area contributed by atoms with Gasteiger partial charge in [0, 0.05) is 43.5 Å². The first-order valence-electron chi connectivity index (χ1n) is 11.7. The number of anilines is 3. The van der Waals surface area contributed by atoms with Gasteiger partial charge in [-0.1, -0.05) is 12.1 Å². The summed E-state index contributed by atoms with van der Waals surface area (Å²) in [7, 11) is 1.73. The normalized spacial score (nSPS) is 20.2. The number of para-hydroxylation sites is 2. The first kappa shape index (κ1) is 26.8. The number of benzene rings is 2. The fraction of sp³-hybridized carbons (Fsp3) is 0.440. The van der Waals surface area contributed by atoms with Crippen molar-refractivity contribution in [2.24, 2.45) is 5.92 Å². The Labute approximate surface area is 209 Å². The lowest BCUT2D eigenvalue weighted by Crippen LogP contribution is -2.41. The Balaban J connectivity index is 0.000000229. The number of ketones is 2. The van der Waals surface area contributed by atoms with Gasteiger partial charge in [0.15, 0.2) is 0 Å². The van der Waals surface area contributed by atoms with E-state index in [1.165, 1.54) is 48.4 Å². The Morgan fingerprint density at radius 1 is 1.03 bits per heavy atom. The average molecular weight is 529 g/mol. The number of Topliss-reactive ketones (excluding diaryl/α,β-unsaturated/α-hetero) is 2. The number of hydrogen-bond donors (Lipinski definition) is 2. The molecule has 2 atom stereocenters. The van der Waals surface area contributed by atoms with Crippen LogP contribution in [0, 0.1) is 5.92 Å². The standard InChI is InChI=1S/C21H25N3O.C4F6O2/c1-25-20-7-3-2-6-19(20)23-16-9-14-5-4-8-24-13-15-11-22-12-18(15)17(10-16)21(14)24;5-3(6,7)1(11)2(12)4(8,9)10/h2-3,6-7,9-10,15,18,22-23H,4-5,8,11-13H2,1H3;/t15-,18-;/m1./s1. The number of halogens is 6. The molecule has 2 N–H and O–H groups in total. The fourth-order valence-corrected chi connectivity index (χ4v) is 5.14. The Hall–Kier alpha value is -3.28. The van der Waals surface area contributed by atoms with Crippen molar-refractivity contribution < 1.29 is 40.7 Å². The summed E-state index contributed by atoms with van der Waals surface area (Å²) in [5.74, 6) is -4.52. The molecule has 0 saturated carbocycles. The molecule has 37 heavy (non-hydrogen) atoms. The predicted molar refractivity (Wildman–Crippen MR) is 124 cm³/mol. The molecule has 2 aromatic rings. The number of carbonyl (C=O) groups excluding carboxylic acids is 2. The Morgan fingerprint density at radius 3 is 2.35 bits per heavy atom. The van der Waals surface area contributed by atoms with Crippen molar-refractivity contribution in [2.75, 3.05) is 43.5 Å². The maximum Gasteiger partial charge on any atom is 0.458 e. The van der Waals surface area contributed by atoms with Crippen LogP contribution in [-0.4, -0.2) is 57.2 Å². The van der Waals surface area contributed by atoms with E-state index in [0.717, 1.165) is 30.4 Å². The van der Waals surface area contributed by atoms with Crippen LogP contribution in [0.3, 0.4) is 0 Å². The van der Waals surface area contributed by atoms with Crippen molar-refractivity contribution in [3.8, 4) is 5.75 Å². The highest BCUT2D eigenvalue weighted by Gasteiger charge is 2.54. The molecule has 1 fully saturated rings. The van der Waals surface area contributed by atoms with Crippen LogP contribution in [0.1, 0.15) is 23.5 Å². The van der Waals surface area contributed by atoms with Crippen LogP contribution in [0.25, 0.3) is 0 Å². The van der Waals surface area contributed by atoms with E-state index < -0.39 is 23.9 Å². The van der Waals surface area contributed by atoms with Crippen molar-refractivity contribution in [2.45, 2.75) is 31.1 Å². The molecule has 0 bridgehead atoms. The van der Waals surface area contributed by atoms with E-state index in [-0.39, 0.29) is 0 Å². The van der Waals surface area contributed by atoms with Crippen molar-refractivity contribution in [3.63, 3.8) is 0 Å². The monoisotopic (exact) mass is 529 g/mol. The summed E-state index contributed by atoms with van der Waals surface area (Å²) in [6, 6.07) is 12.9. The number of hydrogen-bond acceptors (Lipinski definition) is 6. The number of nitrogens with zero attached hydrogens (tertiary/aromatic N) is 1. The molecule has 0 unspecified atom stereocenters. The Kier molecular flexibility index (Phi) is 7.40. The third kappa shape index (κ3) is 5.68. The van der Waals surface area contributed by atoms with Crippen molar-refractivity contribution in [3.05, 3.63) is 47.5 Å². The van der Waals surface area contributed by atoms with Crippen LogP contribution in [0.4, 0.5) is 43.4 Å². The lowest BCUT2D eigenvalue weighted by molar-refractivity contribution is -0.193. The molecular weight excluding hydrogens is 504 g/mol. The van der Waals surface area contributed by atoms with Gasteiger partial charge in [-0.2, -0.15) is 26.3 Å². The van der Waals surface area contributed by atoms with Gasteiger partial charge in [0.25, 0.3) is 0 Å². The minimum Gasteiger partial charge on any atom is -0.495 e. The number of carbonyl (C=O) groups is 2. The van der Waals surface area contributed by atoms with Gasteiger partial charge < -0.3 is 20.3 Å². The summed E-state index contributed by atoms with van der Waals surface area (Å²) in [5.41, 5.74) is 6.79. The van der Waals surface area contributed by atoms with Gasteiger partial charge in [-0.05, 0) is 54.2 Å². The van der Waals surface area contributed by atoms with E-state index in [0.29, 0.717) is 5.92 Å². The quantitative estimate of drug-likeness (QED) is 0.440. The van der Waals surface area contributed by atoms with E-state index in [1.807, 2.05) is 18.2 Å². The smallest absolute Gasteiger partial charge is 0.458 e. The number of ether oxygens (including phenoxy) is 1. The van der Waals surface area contributed by atoms with Gasteiger partial charge in [0.2, 0.25) is 0 Å². The second-order valence-corrected chi connectivity index (χ2v) is 9.13. The number of aryl methyl sites for hydroxylation is 1. The fourth-order valence-electron chi connectivity index (χ4n) is 5.14. The zero-order chi connectivity index (χ0) is 27.0. The van der Waals surface area contributed by atoms with Gasteiger partial charge in [-0.3, -0.25) is 9.59 Å². The zero-order valence-electron chi connectivity index (χ0n) is 19.8. The van der Waals surface area contributed by atoms with E-state index >= 15 is 0 Å². The molecule has 2 aromatic carbocycles. The van der Waals surface area contributed by atoms with Crippen molar-refractivity contribution in [1.82, 2.24) is 5.32 Å². The SMILES string of the molecule is COc1ccccc1Nc1cc2c3c(c1)[C@@H]1CNC[C@@H]1CN3CCC2.O=C(C(=O)C(F)(F)F)C(F)(F)F. The molecule has 0 spiro atoms. The molecule has 0 aromatic heterocycles. The first-order valence-corrected chi connectivity index (χ1v) is 11.7. The largest absolute Gasteiger partial charge is 0.495 e. The number of fused-ring (bicyclic) bond motifs is 2. The summed E-state index contributed by atoms with van der Waals surface area (Å²) >= 11 is 0. The van der Waals surface area contributed by atoms with Gasteiger partial charge in [-0.15, -0.1) is 0 Å². The predicted octanol–water partition coefficient (Wildman–Crippen LogP) is 4.76. The lowest BCUT2D eigenvalue weighted by atomic mass is 9.80. The minimum absolute atomic E-state index is 0.655. The molecule has 6 nitrogen and oxygen atoms in total. The molecule has 12 heteroatoms. The Bertz CT molecular complexity index is 1160. The molecule has 5 rings (SSSR count). The summed E-state index contributed by atoms with van der Waals surface area (Å²) in [5, 5.41) is 7.21. The Morgan fingerprint density at radius 2 is 1.70 bits per heavy atom. The van der Waals surface area contributed by atoms with Crippen LogP contribution in [0.15, 0.2) is 36.4 Å². The lowest BCUT2D eigenvalue weighted by Gasteiger charge is -2.42. The number of rotatable bonds is 4. The van der Waals surface area contributed by atoms with Gasteiger partial charge in [-0.25, -0.2) is 0 Å². The number of alkyl halides is 6. The minimum atomic E-state index is -5.77. The average Bonchev–Trinajstić information content (AvgIpc) is 3.32. The molecule has 1 saturated heterocycles. The molecule has 3 aliphatic rings. The van der Waals surface area contributed by atoms with Crippen LogP contribution >= 0.6 is 0 Å². The maximum atomic E-state index is 11.2. The van der Waals surface area contributed by atoms with E-state index in [1.54, 1.807) is 7.11 Å². The highest BCUT2D eigenvalue weighted by atomic mass is 19.4. The molecule has 0 amide bonds. The van der Waals surface area contributed by atoms with E-state index in [4.69, 9.17) is 4.74 Å². The highest BCUT2D eigenvalue weighted by molar-refractivity contribution is 6.41. The molecular formula is C25H25F6N3O3. The van der Waals surface area contributed by atoms with Gasteiger partial charge in [0.1, 0.15) is 5.75 Å². The molecule has 3 heterocycles. The number of methoxy groups -OCH3 is 1. The summed E-state index contributed by atoms with van der Waals surface area (Å²) in [6.07, 6.45) is -9.10. The van der Waals surface area contributed by atoms with Crippen molar-refractivity contribution >= 4 is 28.6 Å². The second kappa shape index (κ2) is 10.2. The zero-order valence-corrected chi connectivity index (χ0v) is 19.8. The van der Waals surface area contributed by atoms with Crippen LogP contribution in [0.5, 0.6) is 5.75 Å². The van der Waals surface area contributed by atoms with Crippen LogP contribution in [0.2, 0.25) is 0 Å². The van der Waals surface area contributed by atoms with Crippen LogP contribution < -0.4 is 20.3 Å². The van der Waals surface area contributed by atoms with Gasteiger partial charge >= 0.3 is 23.9 Å². The summed E-state index contributed by atoms with van der Waals surface area (Å²) in [4.78, 5) is 21.9. The van der Waals surface area contributed by atoms with E-state index in [2.05, 4.69) is 33.7 Å². The third-order valence-corrected chi connectivity index (χ3v) is 6.71. The maximum absolute atomic E-state index is 11.2. The molecule has 0 radical (unpaired) electrons. The number of nitrogens with one attached hydrogen (secondary N) is 2. The molecule has 3 aliphatic heterocycles.